The van der Waals surface area contributed by atoms with Crippen molar-refractivity contribution in [2.75, 3.05) is 41.0 Å². The van der Waals surface area contributed by atoms with E-state index < -0.39 is 0 Å². The topological polar surface area (TPSA) is 69.3 Å². The molecule has 194 valence electrons. The normalized spacial score (nSPS) is 14.4. The SMILES string of the molecule is COC(=O)c1ccc(OCC2c3cc(OC)c(OC)cc3CCN2C(=S)NCCc2ccccc2)cc1. The van der Waals surface area contributed by atoms with E-state index in [-0.39, 0.29) is 12.0 Å². The fraction of sp³-hybridized carbons (Fsp3) is 0.310. The van der Waals surface area contributed by atoms with Crippen LogP contribution in [0.25, 0.3) is 0 Å². The summed E-state index contributed by atoms with van der Waals surface area (Å²) < 4.78 is 22.1. The van der Waals surface area contributed by atoms with Crippen molar-refractivity contribution < 1.29 is 23.7 Å². The number of benzene rings is 3. The molecule has 7 nitrogen and oxygen atoms in total. The first kappa shape index (κ1) is 26.3. The summed E-state index contributed by atoms with van der Waals surface area (Å²) in [5.41, 5.74) is 3.99. The molecule has 0 aliphatic carbocycles. The predicted octanol–water partition coefficient (Wildman–Crippen LogP) is 4.59. The highest BCUT2D eigenvalue weighted by Gasteiger charge is 2.31. The standard InChI is InChI=1S/C29H32N2O5S/c1-33-26-17-22-14-16-31(29(37)30-15-13-20-7-5-4-6-8-20)25(24(22)18-27(26)34-2)19-36-23-11-9-21(10-12-23)28(32)35-3/h4-12,17-18,25H,13-16,19H2,1-3H3,(H,30,37). The third kappa shape index (κ3) is 6.32. The van der Waals surface area contributed by atoms with Crippen molar-refractivity contribution >= 4 is 23.3 Å². The maximum absolute atomic E-state index is 11.8. The minimum atomic E-state index is -0.382. The molecule has 1 unspecified atom stereocenters. The van der Waals surface area contributed by atoms with Crippen molar-refractivity contribution in [2.24, 2.45) is 0 Å². The summed E-state index contributed by atoms with van der Waals surface area (Å²) in [5.74, 6) is 1.64. The van der Waals surface area contributed by atoms with Crippen molar-refractivity contribution in [1.29, 1.82) is 0 Å². The second-order valence-corrected chi connectivity index (χ2v) is 9.05. The van der Waals surface area contributed by atoms with E-state index in [9.17, 15) is 4.79 Å². The van der Waals surface area contributed by atoms with Crippen LogP contribution in [0.3, 0.4) is 0 Å². The summed E-state index contributed by atoms with van der Waals surface area (Å²) >= 11 is 5.85. The van der Waals surface area contributed by atoms with E-state index >= 15 is 0 Å². The Bertz CT molecular complexity index is 1220. The van der Waals surface area contributed by atoms with Crippen LogP contribution < -0.4 is 19.5 Å². The molecule has 1 aliphatic heterocycles. The first-order valence-electron chi connectivity index (χ1n) is 12.2. The minimum Gasteiger partial charge on any atom is -0.493 e. The molecule has 8 heteroatoms. The van der Waals surface area contributed by atoms with Crippen LogP contribution in [0.15, 0.2) is 66.7 Å². The van der Waals surface area contributed by atoms with Gasteiger partial charge in [0, 0.05) is 13.1 Å². The number of nitrogens with zero attached hydrogens (tertiary/aromatic N) is 1. The van der Waals surface area contributed by atoms with Gasteiger partial charge in [0.25, 0.3) is 0 Å². The molecule has 4 rings (SSSR count). The molecule has 0 fully saturated rings. The number of rotatable bonds is 9. The Morgan fingerprint density at radius 3 is 2.38 bits per heavy atom. The Hall–Kier alpha value is -3.78. The van der Waals surface area contributed by atoms with E-state index in [2.05, 4.69) is 22.3 Å². The lowest BCUT2D eigenvalue weighted by Crippen LogP contribution is -2.47. The van der Waals surface area contributed by atoms with E-state index in [1.165, 1.54) is 18.2 Å². The average Bonchev–Trinajstić information content (AvgIpc) is 2.95. The number of carbonyl (C=O) groups excluding carboxylic acids is 1. The van der Waals surface area contributed by atoms with Crippen LogP contribution in [0.2, 0.25) is 0 Å². The Morgan fingerprint density at radius 2 is 1.70 bits per heavy atom. The molecule has 0 bridgehead atoms. The maximum atomic E-state index is 11.8. The molecule has 0 saturated carbocycles. The van der Waals surface area contributed by atoms with Gasteiger partial charge in [0.1, 0.15) is 12.4 Å². The molecule has 1 N–H and O–H groups in total. The molecule has 1 aliphatic rings. The zero-order chi connectivity index (χ0) is 26.2. The van der Waals surface area contributed by atoms with Gasteiger partial charge >= 0.3 is 5.97 Å². The number of ether oxygens (including phenoxy) is 4. The molecule has 37 heavy (non-hydrogen) atoms. The number of hydrogen-bond acceptors (Lipinski definition) is 6. The summed E-state index contributed by atoms with van der Waals surface area (Å²) in [6, 6.07) is 21.2. The average molecular weight is 521 g/mol. The third-order valence-electron chi connectivity index (χ3n) is 6.48. The van der Waals surface area contributed by atoms with Gasteiger partial charge in [-0.25, -0.2) is 4.79 Å². The van der Waals surface area contributed by atoms with Gasteiger partial charge in [-0.1, -0.05) is 30.3 Å². The second kappa shape index (κ2) is 12.5. The fourth-order valence-electron chi connectivity index (χ4n) is 4.49. The van der Waals surface area contributed by atoms with Gasteiger partial charge in [-0.3, -0.25) is 0 Å². The fourth-order valence-corrected chi connectivity index (χ4v) is 4.81. The van der Waals surface area contributed by atoms with E-state index in [0.717, 1.165) is 31.5 Å². The lowest BCUT2D eigenvalue weighted by molar-refractivity contribution is 0.0600. The number of nitrogens with one attached hydrogen (secondary N) is 1. The van der Waals surface area contributed by atoms with E-state index in [0.29, 0.717) is 34.5 Å². The molecule has 0 aromatic heterocycles. The number of thiocarbonyl (C=S) groups is 1. The van der Waals surface area contributed by atoms with Crippen LogP contribution in [-0.4, -0.2) is 57.0 Å². The highest BCUT2D eigenvalue weighted by atomic mass is 32.1. The van der Waals surface area contributed by atoms with E-state index in [1.54, 1.807) is 38.5 Å². The lowest BCUT2D eigenvalue weighted by Gasteiger charge is -2.39. The Kier molecular flexibility index (Phi) is 8.85. The summed E-state index contributed by atoms with van der Waals surface area (Å²) in [6.45, 7) is 1.84. The van der Waals surface area contributed by atoms with Gasteiger partial charge in [-0.2, -0.15) is 0 Å². The Balaban J connectivity index is 1.53. The number of fused-ring (bicyclic) bond motifs is 1. The van der Waals surface area contributed by atoms with Crippen LogP contribution in [0.5, 0.6) is 17.2 Å². The summed E-state index contributed by atoms with van der Waals surface area (Å²) in [4.78, 5) is 13.9. The molecule has 0 radical (unpaired) electrons. The predicted molar refractivity (Wildman–Crippen MR) is 147 cm³/mol. The highest BCUT2D eigenvalue weighted by Crippen LogP contribution is 2.38. The number of methoxy groups -OCH3 is 3. The monoisotopic (exact) mass is 520 g/mol. The molecule has 1 atom stereocenters. The first-order valence-corrected chi connectivity index (χ1v) is 12.6. The second-order valence-electron chi connectivity index (χ2n) is 8.66. The van der Waals surface area contributed by atoms with E-state index in [1.807, 2.05) is 30.3 Å². The molecule has 3 aromatic rings. The van der Waals surface area contributed by atoms with Crippen molar-refractivity contribution in [2.45, 2.75) is 18.9 Å². The third-order valence-corrected chi connectivity index (χ3v) is 6.86. The van der Waals surface area contributed by atoms with Crippen LogP contribution in [0, 0.1) is 0 Å². The molecule has 1 heterocycles. The molecular formula is C29H32N2O5S. The lowest BCUT2D eigenvalue weighted by atomic mass is 9.92. The van der Waals surface area contributed by atoms with Crippen molar-refractivity contribution in [3.63, 3.8) is 0 Å². The van der Waals surface area contributed by atoms with E-state index in [4.69, 9.17) is 31.2 Å². The number of esters is 1. The van der Waals surface area contributed by atoms with Gasteiger partial charge < -0.3 is 29.2 Å². The number of hydrogen-bond donors (Lipinski definition) is 1. The van der Waals surface area contributed by atoms with Crippen molar-refractivity contribution in [1.82, 2.24) is 10.2 Å². The molecule has 0 spiro atoms. The van der Waals surface area contributed by atoms with Crippen LogP contribution >= 0.6 is 12.2 Å². The smallest absolute Gasteiger partial charge is 0.337 e. The van der Waals surface area contributed by atoms with Crippen molar-refractivity contribution in [3.8, 4) is 17.2 Å². The van der Waals surface area contributed by atoms with Gasteiger partial charge in [0.05, 0.1) is 32.9 Å². The van der Waals surface area contributed by atoms with Crippen LogP contribution in [0.1, 0.15) is 33.1 Å². The largest absolute Gasteiger partial charge is 0.493 e. The Labute approximate surface area is 223 Å². The number of carbonyl (C=O) groups is 1. The highest BCUT2D eigenvalue weighted by molar-refractivity contribution is 7.80. The summed E-state index contributed by atoms with van der Waals surface area (Å²) in [6.07, 6.45) is 1.70. The van der Waals surface area contributed by atoms with Crippen LogP contribution in [-0.2, 0) is 17.6 Å². The maximum Gasteiger partial charge on any atom is 0.337 e. The molecule has 0 amide bonds. The van der Waals surface area contributed by atoms with Gasteiger partial charge in [0.15, 0.2) is 16.6 Å². The van der Waals surface area contributed by atoms with Crippen molar-refractivity contribution in [3.05, 3.63) is 89.0 Å². The van der Waals surface area contributed by atoms with Gasteiger partial charge in [-0.15, -0.1) is 0 Å². The first-order chi connectivity index (χ1) is 18.0. The quantitative estimate of drug-likeness (QED) is 0.325. The summed E-state index contributed by atoms with van der Waals surface area (Å²) in [5, 5.41) is 4.12. The molecular weight excluding hydrogens is 488 g/mol. The van der Waals surface area contributed by atoms with Gasteiger partial charge in [0.2, 0.25) is 0 Å². The van der Waals surface area contributed by atoms with Gasteiger partial charge in [-0.05, 0) is 78.1 Å². The molecule has 0 saturated heterocycles. The van der Waals surface area contributed by atoms with Crippen LogP contribution in [0.4, 0.5) is 0 Å². The zero-order valence-corrected chi connectivity index (χ0v) is 22.2. The molecule has 3 aromatic carbocycles. The zero-order valence-electron chi connectivity index (χ0n) is 21.4. The minimum absolute atomic E-state index is 0.138. The Morgan fingerprint density at radius 1 is 1.00 bits per heavy atom. The summed E-state index contributed by atoms with van der Waals surface area (Å²) in [7, 11) is 4.64.